The average molecular weight is 495 g/mol. The molecule has 0 fully saturated rings. The van der Waals surface area contributed by atoms with Crippen molar-refractivity contribution < 1.29 is 27.1 Å². The Hall–Kier alpha value is -4.19. The van der Waals surface area contributed by atoms with Crippen LogP contribution in [0.2, 0.25) is 5.02 Å². The highest BCUT2D eigenvalue weighted by molar-refractivity contribution is 6.34. The number of carbonyl (C=O) groups excluding carboxylic acids is 1. The van der Waals surface area contributed by atoms with Crippen LogP contribution in [-0.4, -0.2) is 27.8 Å². The summed E-state index contributed by atoms with van der Waals surface area (Å²) >= 11 is 5.90. The van der Waals surface area contributed by atoms with E-state index in [4.69, 9.17) is 27.8 Å². The summed E-state index contributed by atoms with van der Waals surface area (Å²) in [6.07, 6.45) is -3.47. The number of benzene rings is 2. The minimum atomic E-state index is -5.00. The number of halogens is 5. The zero-order valence-corrected chi connectivity index (χ0v) is 17.7. The Bertz CT molecular complexity index is 1270. The first-order valence-corrected chi connectivity index (χ1v) is 9.66. The molecule has 13 heteroatoms. The fraction of sp³-hybridized carbons (Fsp3) is 0.0476. The van der Waals surface area contributed by atoms with Gasteiger partial charge in [-0.05, 0) is 24.3 Å². The summed E-state index contributed by atoms with van der Waals surface area (Å²) in [6.45, 7) is 0. The summed E-state index contributed by atoms with van der Waals surface area (Å²) in [6, 6.07) is 10.3. The van der Waals surface area contributed by atoms with Crippen LogP contribution in [0.1, 0.15) is 0 Å². The van der Waals surface area contributed by atoms with Gasteiger partial charge in [0.2, 0.25) is 5.88 Å². The van der Waals surface area contributed by atoms with Crippen LogP contribution >= 0.6 is 11.6 Å². The Morgan fingerprint density at radius 1 is 1.15 bits per heavy atom. The van der Waals surface area contributed by atoms with Gasteiger partial charge in [-0.15, -0.1) is 0 Å². The first kappa shape index (κ1) is 24.5. The zero-order chi connectivity index (χ0) is 24.9. The second kappa shape index (κ2) is 10.2. The number of nitrogens with zero attached hydrogens (tertiary/aromatic N) is 3. The van der Waals surface area contributed by atoms with Gasteiger partial charge in [-0.1, -0.05) is 29.8 Å². The van der Waals surface area contributed by atoms with Gasteiger partial charge in [0.05, 0.1) is 11.3 Å². The fourth-order valence-corrected chi connectivity index (χ4v) is 2.71. The van der Waals surface area contributed by atoms with Crippen molar-refractivity contribution in [1.29, 1.82) is 0 Å². The van der Waals surface area contributed by atoms with Gasteiger partial charge in [0, 0.05) is 18.0 Å². The molecule has 2 aromatic carbocycles. The fourth-order valence-electron chi connectivity index (χ4n) is 2.57. The van der Waals surface area contributed by atoms with Crippen LogP contribution < -0.4 is 21.5 Å². The van der Waals surface area contributed by atoms with E-state index in [1.54, 1.807) is 6.07 Å². The second-order valence-electron chi connectivity index (χ2n) is 6.45. The minimum Gasteiger partial charge on any atom is -0.434 e. The molecule has 0 aliphatic carbocycles. The number of ether oxygens (including phenoxy) is 1. The second-order valence-corrected chi connectivity index (χ2v) is 6.83. The van der Waals surface area contributed by atoms with Crippen LogP contribution in [0.4, 0.5) is 34.8 Å². The molecular formula is C21H15ClF4N6O2. The van der Waals surface area contributed by atoms with Gasteiger partial charge in [0.25, 0.3) is 5.91 Å². The summed E-state index contributed by atoms with van der Waals surface area (Å²) in [5.41, 5.74) is 8.14. The smallest absolute Gasteiger partial charge is 0.434 e. The highest BCUT2D eigenvalue weighted by Gasteiger charge is 2.40. The van der Waals surface area contributed by atoms with E-state index in [2.05, 4.69) is 20.3 Å². The van der Waals surface area contributed by atoms with Gasteiger partial charge in [-0.2, -0.15) is 18.2 Å². The highest BCUT2D eigenvalue weighted by atomic mass is 35.5. The lowest BCUT2D eigenvalue weighted by molar-refractivity contribution is -0.113. The molecule has 0 aliphatic rings. The third-order valence-electron chi connectivity index (χ3n) is 4.11. The number of para-hydroxylation sites is 1. The number of nitrogen functional groups attached to an aromatic ring is 1. The van der Waals surface area contributed by atoms with E-state index < -0.39 is 29.2 Å². The molecule has 5 N–H and O–H groups in total. The van der Waals surface area contributed by atoms with E-state index in [9.17, 15) is 22.4 Å². The molecule has 1 heterocycles. The number of alkyl halides is 3. The number of carbonyl (C=O) groups is 1. The van der Waals surface area contributed by atoms with Gasteiger partial charge < -0.3 is 21.5 Å². The lowest BCUT2D eigenvalue weighted by Crippen LogP contribution is -2.32. The van der Waals surface area contributed by atoms with E-state index in [0.29, 0.717) is 6.20 Å². The molecule has 34 heavy (non-hydrogen) atoms. The molecule has 3 aromatic rings. The number of nitrogens with one attached hydrogen (secondary N) is 1. The van der Waals surface area contributed by atoms with Gasteiger partial charge in [0.1, 0.15) is 17.2 Å². The normalized spacial score (nSPS) is 12.4. The summed E-state index contributed by atoms with van der Waals surface area (Å²) < 4.78 is 60.6. The van der Waals surface area contributed by atoms with Gasteiger partial charge in [0.15, 0.2) is 17.3 Å². The number of aliphatic imine (C=N–C) groups is 1. The van der Waals surface area contributed by atoms with Crippen molar-refractivity contribution in [1.82, 2.24) is 9.97 Å². The molecule has 176 valence electrons. The Balaban J connectivity index is 1.84. The molecule has 0 atom stereocenters. The lowest BCUT2D eigenvalue weighted by Gasteiger charge is -2.15. The van der Waals surface area contributed by atoms with E-state index >= 15 is 0 Å². The third-order valence-corrected chi connectivity index (χ3v) is 4.47. The minimum absolute atomic E-state index is 0.0430. The van der Waals surface area contributed by atoms with Crippen molar-refractivity contribution in [3.05, 3.63) is 77.5 Å². The van der Waals surface area contributed by atoms with Crippen molar-refractivity contribution in [2.45, 2.75) is 6.18 Å². The first-order chi connectivity index (χ1) is 16.1. The number of hydrogen-bond acceptors (Lipinski definition) is 7. The standard InChI is InChI=1S/C21H15ClF4N6O2/c22-16-18(28)29-10-30-20(16)34-15-7-6-12(8-14(15)23)32-19(33)13(9-27)17(21(24,25)26)31-11-4-2-1-3-5-11/h1-10H,27H2,(H,32,33)(H2,28,29,30). The predicted octanol–water partition coefficient (Wildman–Crippen LogP) is 4.76. The quantitative estimate of drug-likeness (QED) is 0.257. The van der Waals surface area contributed by atoms with Crippen molar-refractivity contribution >= 4 is 40.4 Å². The molecule has 0 saturated carbocycles. The molecule has 0 radical (unpaired) electrons. The van der Waals surface area contributed by atoms with Crippen LogP contribution in [0.5, 0.6) is 11.6 Å². The van der Waals surface area contributed by atoms with E-state index in [-0.39, 0.29) is 33.8 Å². The third kappa shape index (κ3) is 5.78. The molecule has 0 bridgehead atoms. The van der Waals surface area contributed by atoms with Gasteiger partial charge in [-0.25, -0.2) is 14.4 Å². The number of anilines is 2. The topological polar surface area (TPSA) is 129 Å². The largest absolute Gasteiger partial charge is 0.434 e. The lowest BCUT2D eigenvalue weighted by atomic mass is 10.1. The van der Waals surface area contributed by atoms with E-state index in [1.165, 1.54) is 30.3 Å². The van der Waals surface area contributed by atoms with Crippen LogP contribution in [0.15, 0.2) is 71.6 Å². The summed E-state index contributed by atoms with van der Waals surface area (Å²) in [4.78, 5) is 23.4. The van der Waals surface area contributed by atoms with Crippen LogP contribution in [0, 0.1) is 5.82 Å². The van der Waals surface area contributed by atoms with Gasteiger partial charge in [-0.3, -0.25) is 4.79 Å². The Morgan fingerprint density at radius 2 is 1.85 bits per heavy atom. The predicted molar refractivity (Wildman–Crippen MR) is 118 cm³/mol. The number of amides is 1. The molecular weight excluding hydrogens is 480 g/mol. The highest BCUT2D eigenvalue weighted by Crippen LogP contribution is 2.32. The van der Waals surface area contributed by atoms with Crippen LogP contribution in [0.25, 0.3) is 0 Å². The van der Waals surface area contributed by atoms with E-state index in [1.807, 2.05) is 0 Å². The molecule has 3 rings (SSSR count). The number of rotatable bonds is 6. The van der Waals surface area contributed by atoms with Crippen molar-refractivity contribution in [3.8, 4) is 11.6 Å². The molecule has 0 spiro atoms. The Kier molecular flexibility index (Phi) is 7.31. The SMILES string of the molecule is NC=C(C(=O)Nc1ccc(Oc2ncnc(N)c2Cl)c(F)c1)C(=Nc1ccccc1)C(F)(F)F. The van der Waals surface area contributed by atoms with Crippen molar-refractivity contribution in [3.63, 3.8) is 0 Å². The summed E-state index contributed by atoms with van der Waals surface area (Å²) in [7, 11) is 0. The number of nitrogens with two attached hydrogens (primary N) is 2. The van der Waals surface area contributed by atoms with Crippen LogP contribution in [-0.2, 0) is 4.79 Å². The molecule has 0 aliphatic heterocycles. The Labute approximate surface area is 194 Å². The Morgan fingerprint density at radius 3 is 2.47 bits per heavy atom. The molecule has 8 nitrogen and oxygen atoms in total. The zero-order valence-electron chi connectivity index (χ0n) is 17.0. The first-order valence-electron chi connectivity index (χ1n) is 9.28. The number of aromatic nitrogens is 2. The maximum atomic E-state index is 14.5. The number of hydrogen-bond donors (Lipinski definition) is 3. The van der Waals surface area contributed by atoms with Crippen molar-refractivity contribution in [2.75, 3.05) is 11.1 Å². The summed E-state index contributed by atoms with van der Waals surface area (Å²) in [5, 5.41) is 2.00. The molecule has 0 unspecified atom stereocenters. The van der Waals surface area contributed by atoms with E-state index in [0.717, 1.165) is 18.5 Å². The molecule has 1 amide bonds. The maximum Gasteiger partial charge on any atom is 0.434 e. The molecule has 0 saturated heterocycles. The van der Waals surface area contributed by atoms with Crippen molar-refractivity contribution in [2.24, 2.45) is 10.7 Å². The average Bonchev–Trinajstić information content (AvgIpc) is 2.78. The summed E-state index contributed by atoms with van der Waals surface area (Å²) in [5.74, 6) is -2.87. The monoisotopic (exact) mass is 494 g/mol. The van der Waals surface area contributed by atoms with Gasteiger partial charge >= 0.3 is 6.18 Å². The maximum absolute atomic E-state index is 14.5. The van der Waals surface area contributed by atoms with Crippen LogP contribution in [0.3, 0.4) is 0 Å². The molecule has 1 aromatic heterocycles.